The van der Waals surface area contributed by atoms with E-state index in [1.54, 1.807) is 17.4 Å². The largest absolute Gasteiger partial charge is 0.508 e. The molecule has 0 radical (unpaired) electrons. The monoisotopic (exact) mass is 331 g/mol. The van der Waals surface area contributed by atoms with Crippen molar-refractivity contribution in [2.24, 2.45) is 0 Å². The van der Waals surface area contributed by atoms with Gasteiger partial charge >= 0.3 is 0 Å². The molecule has 0 spiro atoms. The van der Waals surface area contributed by atoms with Crippen molar-refractivity contribution in [2.45, 2.75) is 19.1 Å². The summed E-state index contributed by atoms with van der Waals surface area (Å²) in [7, 11) is 2.08. The van der Waals surface area contributed by atoms with Gasteiger partial charge in [0.2, 0.25) is 0 Å². The Morgan fingerprint density at radius 2 is 2.13 bits per heavy atom. The Morgan fingerprint density at radius 1 is 1.30 bits per heavy atom. The molecule has 2 aliphatic rings. The normalized spacial score (nSPS) is 20.4. The Balaban J connectivity index is 1.71. The van der Waals surface area contributed by atoms with Gasteiger partial charge in [-0.05, 0) is 31.2 Å². The molecule has 1 aromatic heterocycles. The first kappa shape index (κ1) is 14.3. The van der Waals surface area contributed by atoms with E-state index in [-0.39, 0.29) is 17.4 Å². The predicted octanol–water partition coefficient (Wildman–Crippen LogP) is 2.00. The third kappa shape index (κ3) is 2.32. The summed E-state index contributed by atoms with van der Waals surface area (Å²) in [5.74, 6) is -0.172. The van der Waals surface area contributed by atoms with E-state index in [9.17, 15) is 15.0 Å². The van der Waals surface area contributed by atoms with Crippen LogP contribution in [-0.2, 0) is 13.0 Å². The summed E-state index contributed by atoms with van der Waals surface area (Å²) < 4.78 is 0. The highest BCUT2D eigenvalue weighted by molar-refractivity contribution is 7.16. The standard InChI is InChI=1S/C16H17N3O3S/c1-19-5-4-10-12(7-19)23-16-13(10)15(22)17-14(18-16)9-3-2-8(20)6-11(9)21/h2-3,6,14,18,20-21H,4-5,7H2,1H3,(H,17,22)/t14-/m0/s1. The van der Waals surface area contributed by atoms with E-state index in [4.69, 9.17) is 0 Å². The minimum absolute atomic E-state index is 0.0105. The van der Waals surface area contributed by atoms with Crippen LogP contribution >= 0.6 is 11.3 Å². The van der Waals surface area contributed by atoms with Crippen LogP contribution < -0.4 is 10.6 Å². The van der Waals surface area contributed by atoms with Crippen LogP contribution in [0.5, 0.6) is 11.5 Å². The average Bonchev–Trinajstić information content (AvgIpc) is 2.84. The fourth-order valence-electron chi connectivity index (χ4n) is 3.18. The van der Waals surface area contributed by atoms with Gasteiger partial charge in [-0.2, -0.15) is 0 Å². The first-order valence-electron chi connectivity index (χ1n) is 7.45. The molecule has 1 amide bonds. The average molecular weight is 331 g/mol. The maximum atomic E-state index is 12.6. The molecule has 1 aromatic carbocycles. The molecule has 120 valence electrons. The van der Waals surface area contributed by atoms with Gasteiger partial charge in [0.05, 0.1) is 5.56 Å². The Labute approximate surface area is 137 Å². The number of phenolic OH excluding ortho intramolecular Hbond substituents is 2. The number of thiophene rings is 1. The molecular formula is C16H17N3O3S. The van der Waals surface area contributed by atoms with E-state index in [0.717, 1.165) is 35.6 Å². The summed E-state index contributed by atoms with van der Waals surface area (Å²) >= 11 is 1.61. The summed E-state index contributed by atoms with van der Waals surface area (Å²) in [5.41, 5.74) is 2.42. The number of amides is 1. The number of anilines is 1. The second-order valence-corrected chi connectivity index (χ2v) is 7.09. The molecule has 6 nitrogen and oxygen atoms in total. The summed E-state index contributed by atoms with van der Waals surface area (Å²) in [5, 5.41) is 26.5. The molecule has 7 heteroatoms. The molecule has 1 atom stereocenters. The first-order chi connectivity index (χ1) is 11.0. The Kier molecular flexibility index (Phi) is 3.21. The summed E-state index contributed by atoms with van der Waals surface area (Å²) in [6.07, 6.45) is 0.371. The van der Waals surface area contributed by atoms with E-state index in [2.05, 4.69) is 22.6 Å². The Bertz CT molecular complexity index is 802. The number of hydrogen-bond donors (Lipinski definition) is 4. The quantitative estimate of drug-likeness (QED) is 0.642. The third-order valence-corrected chi connectivity index (χ3v) is 5.50. The number of hydrogen-bond acceptors (Lipinski definition) is 6. The SMILES string of the molecule is CN1CCc2c(sc3c2C(=O)N[C@H](c2ccc(O)cc2O)N3)C1. The topological polar surface area (TPSA) is 84.8 Å². The highest BCUT2D eigenvalue weighted by Gasteiger charge is 2.33. The summed E-state index contributed by atoms with van der Waals surface area (Å²) in [6.45, 7) is 1.81. The van der Waals surface area contributed by atoms with Gasteiger partial charge in [0.15, 0.2) is 0 Å². The van der Waals surface area contributed by atoms with Crippen LogP contribution in [0.1, 0.15) is 32.5 Å². The van der Waals surface area contributed by atoms with Gasteiger partial charge in [-0.1, -0.05) is 0 Å². The number of rotatable bonds is 1. The Hall–Kier alpha value is -2.25. The molecule has 0 saturated carbocycles. The molecule has 3 heterocycles. The van der Waals surface area contributed by atoms with Crippen molar-refractivity contribution >= 4 is 22.2 Å². The number of phenols is 2. The molecule has 0 saturated heterocycles. The number of aromatic hydroxyl groups is 2. The van der Waals surface area contributed by atoms with Crippen molar-refractivity contribution in [3.05, 3.63) is 39.8 Å². The fourth-order valence-corrected chi connectivity index (χ4v) is 4.53. The van der Waals surface area contributed by atoms with Gasteiger partial charge in [0.1, 0.15) is 22.7 Å². The number of likely N-dealkylation sites (N-methyl/N-ethyl adjacent to an activating group) is 1. The van der Waals surface area contributed by atoms with E-state index < -0.39 is 6.17 Å². The lowest BCUT2D eigenvalue weighted by atomic mass is 10.0. The van der Waals surface area contributed by atoms with Gasteiger partial charge in [-0.25, -0.2) is 0 Å². The smallest absolute Gasteiger partial charge is 0.256 e. The van der Waals surface area contributed by atoms with E-state index in [1.807, 2.05) is 0 Å². The van der Waals surface area contributed by atoms with E-state index >= 15 is 0 Å². The van der Waals surface area contributed by atoms with Crippen molar-refractivity contribution in [2.75, 3.05) is 18.9 Å². The van der Waals surface area contributed by atoms with Crippen molar-refractivity contribution in [3.63, 3.8) is 0 Å². The minimum Gasteiger partial charge on any atom is -0.508 e. The zero-order valence-electron chi connectivity index (χ0n) is 12.6. The van der Waals surface area contributed by atoms with Crippen LogP contribution in [0, 0.1) is 0 Å². The molecule has 0 fully saturated rings. The first-order valence-corrected chi connectivity index (χ1v) is 8.27. The number of carbonyl (C=O) groups excluding carboxylic acids is 1. The molecule has 2 aliphatic heterocycles. The molecule has 4 N–H and O–H groups in total. The van der Waals surface area contributed by atoms with Crippen molar-refractivity contribution in [1.82, 2.24) is 10.2 Å². The van der Waals surface area contributed by atoms with Crippen LogP contribution in [0.3, 0.4) is 0 Å². The second-order valence-electron chi connectivity index (χ2n) is 5.99. The number of carbonyl (C=O) groups is 1. The highest BCUT2D eigenvalue weighted by Crippen LogP contribution is 2.41. The van der Waals surface area contributed by atoms with Crippen molar-refractivity contribution in [1.29, 1.82) is 0 Å². The number of nitrogens with zero attached hydrogens (tertiary/aromatic N) is 1. The van der Waals surface area contributed by atoms with Gasteiger partial charge in [-0.15, -0.1) is 11.3 Å². The van der Waals surface area contributed by atoms with Gasteiger partial charge in [0, 0.05) is 29.6 Å². The van der Waals surface area contributed by atoms with E-state index in [0.29, 0.717) is 5.56 Å². The van der Waals surface area contributed by atoms with Gasteiger partial charge in [-0.3, -0.25) is 4.79 Å². The van der Waals surface area contributed by atoms with Crippen molar-refractivity contribution in [3.8, 4) is 11.5 Å². The number of benzene rings is 1. The van der Waals surface area contributed by atoms with Crippen LogP contribution in [0.15, 0.2) is 18.2 Å². The van der Waals surface area contributed by atoms with E-state index in [1.165, 1.54) is 17.0 Å². The molecule has 4 rings (SSSR count). The number of fused-ring (bicyclic) bond motifs is 3. The lowest BCUT2D eigenvalue weighted by molar-refractivity contribution is 0.0934. The van der Waals surface area contributed by atoms with Crippen LogP contribution in [0.2, 0.25) is 0 Å². The Morgan fingerprint density at radius 3 is 2.91 bits per heavy atom. The maximum Gasteiger partial charge on any atom is 0.256 e. The maximum absolute atomic E-state index is 12.6. The summed E-state index contributed by atoms with van der Waals surface area (Å²) in [6, 6.07) is 4.37. The fraction of sp³-hybridized carbons (Fsp3) is 0.312. The molecule has 0 aliphatic carbocycles. The minimum atomic E-state index is -0.506. The van der Waals surface area contributed by atoms with Crippen LogP contribution in [0.25, 0.3) is 0 Å². The second kappa shape index (κ2) is 5.14. The molecule has 23 heavy (non-hydrogen) atoms. The molecular weight excluding hydrogens is 314 g/mol. The molecule has 0 unspecified atom stereocenters. The molecule has 2 aromatic rings. The lowest BCUT2D eigenvalue weighted by Crippen LogP contribution is -2.38. The van der Waals surface area contributed by atoms with Crippen LogP contribution in [0.4, 0.5) is 5.00 Å². The zero-order valence-corrected chi connectivity index (χ0v) is 13.4. The van der Waals surface area contributed by atoms with Crippen molar-refractivity contribution < 1.29 is 15.0 Å². The lowest BCUT2D eigenvalue weighted by Gasteiger charge is -2.27. The predicted molar refractivity (Wildman–Crippen MR) is 88.0 cm³/mol. The van der Waals surface area contributed by atoms with Gasteiger partial charge < -0.3 is 25.7 Å². The van der Waals surface area contributed by atoms with Gasteiger partial charge in [0.25, 0.3) is 5.91 Å². The zero-order chi connectivity index (χ0) is 16.1. The summed E-state index contributed by atoms with van der Waals surface area (Å²) in [4.78, 5) is 16.0. The third-order valence-electron chi connectivity index (χ3n) is 4.35. The number of nitrogens with one attached hydrogen (secondary N) is 2. The highest BCUT2D eigenvalue weighted by atomic mass is 32.1. The van der Waals surface area contributed by atoms with Crippen LogP contribution in [-0.4, -0.2) is 34.6 Å². The molecule has 0 bridgehead atoms.